The molecule has 1 N–H and O–H groups in total. The Morgan fingerprint density at radius 2 is 2.14 bits per heavy atom. The Bertz CT molecular complexity index is 198. The van der Waals surface area contributed by atoms with Crippen LogP contribution in [-0.2, 0) is 9.59 Å². The van der Waals surface area contributed by atoms with Crippen LogP contribution in [0.25, 0.3) is 0 Å². The van der Waals surface area contributed by atoms with Crippen LogP contribution in [0.1, 0.15) is 19.3 Å². The molecule has 1 aliphatic heterocycles. The van der Waals surface area contributed by atoms with E-state index in [4.69, 9.17) is 0 Å². The molecule has 4 heteroatoms. The third-order valence-corrected chi connectivity index (χ3v) is 2.65. The number of amides is 1. The molecule has 0 atom stereocenters. The summed E-state index contributed by atoms with van der Waals surface area (Å²) in [5.41, 5.74) is 0. The Kier molecular flexibility index (Phi) is 4.59. The Morgan fingerprint density at radius 3 is 2.71 bits per heavy atom. The number of carbonyl (C=O) groups excluding carboxylic acids is 2. The Morgan fingerprint density at radius 1 is 1.50 bits per heavy atom. The lowest BCUT2D eigenvalue weighted by atomic mass is 9.96. The summed E-state index contributed by atoms with van der Waals surface area (Å²) in [5.74, 6) is 0.262. The van der Waals surface area contributed by atoms with E-state index in [-0.39, 0.29) is 11.8 Å². The van der Waals surface area contributed by atoms with E-state index in [0.717, 1.165) is 32.2 Å². The van der Waals surface area contributed by atoms with Gasteiger partial charge in [0.15, 0.2) is 0 Å². The molecule has 0 aliphatic carbocycles. The van der Waals surface area contributed by atoms with Gasteiger partial charge >= 0.3 is 0 Å². The minimum Gasteiger partial charge on any atom is -0.355 e. The van der Waals surface area contributed by atoms with Crippen molar-refractivity contribution in [1.29, 1.82) is 0 Å². The predicted molar refractivity (Wildman–Crippen MR) is 53.9 cm³/mol. The third kappa shape index (κ3) is 3.46. The SMILES string of the molecule is CN1CCC(C(=O)NCCC=O)CC1. The molecular formula is C10H18N2O2. The Balaban J connectivity index is 2.20. The summed E-state index contributed by atoms with van der Waals surface area (Å²) in [5, 5.41) is 2.78. The van der Waals surface area contributed by atoms with Gasteiger partial charge in [-0.05, 0) is 33.0 Å². The van der Waals surface area contributed by atoms with Crippen LogP contribution in [0.2, 0.25) is 0 Å². The van der Waals surface area contributed by atoms with E-state index in [9.17, 15) is 9.59 Å². The van der Waals surface area contributed by atoms with Crippen molar-refractivity contribution in [2.45, 2.75) is 19.3 Å². The van der Waals surface area contributed by atoms with Crippen LogP contribution < -0.4 is 5.32 Å². The second-order valence-corrected chi connectivity index (χ2v) is 3.82. The summed E-state index contributed by atoms with van der Waals surface area (Å²) in [7, 11) is 2.07. The van der Waals surface area contributed by atoms with Crippen LogP contribution in [0.5, 0.6) is 0 Å². The fourth-order valence-corrected chi connectivity index (χ4v) is 1.67. The van der Waals surface area contributed by atoms with Crippen molar-refractivity contribution >= 4 is 12.2 Å². The quantitative estimate of drug-likeness (QED) is 0.512. The highest BCUT2D eigenvalue weighted by molar-refractivity contribution is 5.78. The van der Waals surface area contributed by atoms with Gasteiger partial charge in [-0.15, -0.1) is 0 Å². The maximum atomic E-state index is 11.5. The second-order valence-electron chi connectivity index (χ2n) is 3.82. The second kappa shape index (κ2) is 5.75. The third-order valence-electron chi connectivity index (χ3n) is 2.65. The number of aldehydes is 1. The van der Waals surface area contributed by atoms with E-state index in [0.29, 0.717) is 13.0 Å². The molecule has 1 fully saturated rings. The lowest BCUT2D eigenvalue weighted by Crippen LogP contribution is -2.39. The van der Waals surface area contributed by atoms with Gasteiger partial charge in [-0.1, -0.05) is 0 Å². The van der Waals surface area contributed by atoms with Gasteiger partial charge < -0.3 is 15.0 Å². The largest absolute Gasteiger partial charge is 0.355 e. The molecule has 1 rings (SSSR count). The zero-order valence-electron chi connectivity index (χ0n) is 8.66. The van der Waals surface area contributed by atoms with Crippen LogP contribution in [0.3, 0.4) is 0 Å². The molecule has 1 amide bonds. The molecule has 14 heavy (non-hydrogen) atoms. The van der Waals surface area contributed by atoms with Crippen LogP contribution >= 0.6 is 0 Å². The van der Waals surface area contributed by atoms with Crippen molar-refractivity contribution in [3.63, 3.8) is 0 Å². The van der Waals surface area contributed by atoms with Gasteiger partial charge in [0.05, 0.1) is 0 Å². The van der Waals surface area contributed by atoms with Gasteiger partial charge in [0.25, 0.3) is 0 Å². The van der Waals surface area contributed by atoms with Crippen molar-refractivity contribution in [3.05, 3.63) is 0 Å². The van der Waals surface area contributed by atoms with Gasteiger partial charge in [0.2, 0.25) is 5.91 Å². The molecule has 1 saturated heterocycles. The highest BCUT2D eigenvalue weighted by atomic mass is 16.2. The molecule has 0 aromatic rings. The van der Waals surface area contributed by atoms with Gasteiger partial charge in [-0.25, -0.2) is 0 Å². The first-order valence-electron chi connectivity index (χ1n) is 5.14. The highest BCUT2D eigenvalue weighted by Gasteiger charge is 2.22. The molecule has 0 aromatic heterocycles. The highest BCUT2D eigenvalue weighted by Crippen LogP contribution is 2.15. The molecule has 0 aromatic carbocycles. The maximum Gasteiger partial charge on any atom is 0.223 e. The average Bonchev–Trinajstić information content (AvgIpc) is 2.19. The topological polar surface area (TPSA) is 49.4 Å². The number of hydrogen-bond donors (Lipinski definition) is 1. The summed E-state index contributed by atoms with van der Waals surface area (Å²) < 4.78 is 0. The minimum absolute atomic E-state index is 0.111. The normalized spacial score (nSPS) is 19.2. The minimum atomic E-state index is 0.111. The van der Waals surface area contributed by atoms with Crippen molar-refractivity contribution in [1.82, 2.24) is 10.2 Å². The number of nitrogens with zero attached hydrogens (tertiary/aromatic N) is 1. The first-order valence-corrected chi connectivity index (χ1v) is 5.14. The van der Waals surface area contributed by atoms with E-state index in [1.807, 2.05) is 0 Å². The molecular weight excluding hydrogens is 180 g/mol. The number of likely N-dealkylation sites (tertiary alicyclic amines) is 1. The number of nitrogens with one attached hydrogen (secondary N) is 1. The summed E-state index contributed by atoms with van der Waals surface area (Å²) in [6, 6.07) is 0. The summed E-state index contributed by atoms with van der Waals surface area (Å²) in [4.78, 5) is 23.8. The first-order chi connectivity index (χ1) is 6.74. The van der Waals surface area contributed by atoms with Gasteiger partial charge in [-0.2, -0.15) is 0 Å². The molecule has 4 nitrogen and oxygen atoms in total. The zero-order chi connectivity index (χ0) is 10.4. The molecule has 0 saturated carbocycles. The zero-order valence-corrected chi connectivity index (χ0v) is 8.66. The Hall–Kier alpha value is -0.900. The lowest BCUT2D eigenvalue weighted by molar-refractivity contribution is -0.126. The van der Waals surface area contributed by atoms with E-state index < -0.39 is 0 Å². The summed E-state index contributed by atoms with van der Waals surface area (Å²) >= 11 is 0. The number of hydrogen-bond acceptors (Lipinski definition) is 3. The molecule has 80 valence electrons. The summed E-state index contributed by atoms with van der Waals surface area (Å²) in [6.45, 7) is 2.46. The maximum absolute atomic E-state index is 11.5. The first kappa shape index (κ1) is 11.2. The van der Waals surface area contributed by atoms with E-state index in [2.05, 4.69) is 17.3 Å². The smallest absolute Gasteiger partial charge is 0.223 e. The molecule has 0 bridgehead atoms. The van der Waals surface area contributed by atoms with Crippen LogP contribution in [0.15, 0.2) is 0 Å². The van der Waals surface area contributed by atoms with E-state index >= 15 is 0 Å². The Labute approximate surface area is 84.7 Å². The van der Waals surface area contributed by atoms with E-state index in [1.54, 1.807) is 0 Å². The average molecular weight is 198 g/mol. The standard InChI is InChI=1S/C10H18N2O2/c1-12-6-3-9(4-7-12)10(14)11-5-2-8-13/h8-9H,2-7H2,1H3,(H,11,14). The van der Waals surface area contributed by atoms with Crippen LogP contribution in [0.4, 0.5) is 0 Å². The van der Waals surface area contributed by atoms with Crippen LogP contribution in [-0.4, -0.2) is 43.8 Å². The number of carbonyl (C=O) groups is 2. The fraction of sp³-hybridized carbons (Fsp3) is 0.800. The monoisotopic (exact) mass is 198 g/mol. The van der Waals surface area contributed by atoms with Crippen molar-refractivity contribution < 1.29 is 9.59 Å². The number of rotatable bonds is 4. The molecule has 1 heterocycles. The van der Waals surface area contributed by atoms with Crippen molar-refractivity contribution in [3.8, 4) is 0 Å². The predicted octanol–water partition coefficient (Wildman–Crippen LogP) is 0.0334. The number of piperidine rings is 1. The molecule has 0 spiro atoms. The molecule has 1 aliphatic rings. The van der Waals surface area contributed by atoms with Gasteiger partial charge in [-0.3, -0.25) is 4.79 Å². The van der Waals surface area contributed by atoms with Gasteiger partial charge in [0.1, 0.15) is 6.29 Å². The van der Waals surface area contributed by atoms with Crippen molar-refractivity contribution in [2.24, 2.45) is 5.92 Å². The molecule has 0 unspecified atom stereocenters. The van der Waals surface area contributed by atoms with Crippen molar-refractivity contribution in [2.75, 3.05) is 26.7 Å². The van der Waals surface area contributed by atoms with Gasteiger partial charge in [0, 0.05) is 18.9 Å². The lowest BCUT2D eigenvalue weighted by Gasteiger charge is -2.27. The molecule has 0 radical (unpaired) electrons. The fourth-order valence-electron chi connectivity index (χ4n) is 1.67. The summed E-state index contributed by atoms with van der Waals surface area (Å²) in [6.07, 6.45) is 3.11. The van der Waals surface area contributed by atoms with E-state index in [1.165, 1.54) is 0 Å². The van der Waals surface area contributed by atoms with Crippen LogP contribution in [0, 0.1) is 5.92 Å².